The highest BCUT2D eigenvalue weighted by Gasteiger charge is 2.55. The minimum Gasteiger partial charge on any atom is -0.491 e. The molecule has 0 amide bonds. The van der Waals surface area contributed by atoms with E-state index < -0.39 is 17.2 Å². The van der Waals surface area contributed by atoms with Crippen molar-refractivity contribution < 1.29 is 18.7 Å². The minimum absolute atomic E-state index is 0.00864. The van der Waals surface area contributed by atoms with Crippen molar-refractivity contribution in [2.24, 2.45) is 0 Å². The van der Waals surface area contributed by atoms with E-state index in [9.17, 15) is 9.59 Å². The maximum absolute atomic E-state index is 15.3. The van der Waals surface area contributed by atoms with Crippen LogP contribution in [0.5, 0.6) is 5.75 Å². The molecule has 0 N–H and O–H groups in total. The van der Waals surface area contributed by atoms with Gasteiger partial charge in [-0.2, -0.15) is 10.2 Å². The summed E-state index contributed by atoms with van der Waals surface area (Å²) < 4.78 is 29.0. The van der Waals surface area contributed by atoms with E-state index in [0.717, 1.165) is 18.5 Å². The molecule has 2 aliphatic rings. The smallest absolute Gasteiger partial charge is 0.314 e. The number of carbonyl (C=O) groups excluding carboxylic acids is 1. The molecule has 9 heteroatoms. The lowest BCUT2D eigenvalue weighted by molar-refractivity contribution is -0.143. The summed E-state index contributed by atoms with van der Waals surface area (Å²) in [4.78, 5) is 25.4. The van der Waals surface area contributed by atoms with Gasteiger partial charge in [-0.05, 0) is 48.7 Å². The van der Waals surface area contributed by atoms with E-state index in [1.807, 2.05) is 30.3 Å². The van der Waals surface area contributed by atoms with Gasteiger partial charge in [0.2, 0.25) is 0 Å². The van der Waals surface area contributed by atoms with Gasteiger partial charge in [-0.1, -0.05) is 24.3 Å². The summed E-state index contributed by atoms with van der Waals surface area (Å²) in [6.45, 7) is 0. The lowest BCUT2D eigenvalue weighted by Gasteiger charge is -2.14. The number of hydrogen-bond acceptors (Lipinski definition) is 6. The molecule has 2 aromatic carbocycles. The predicted molar refractivity (Wildman–Crippen MR) is 124 cm³/mol. The fraction of sp³-hybridized carbons (Fsp3) is 0.231. The number of nitrogens with zero attached hydrogens (tertiary/aromatic N) is 4. The van der Waals surface area contributed by atoms with Crippen molar-refractivity contribution in [3.63, 3.8) is 0 Å². The van der Waals surface area contributed by atoms with Gasteiger partial charge in [0.1, 0.15) is 17.1 Å². The Morgan fingerprint density at radius 1 is 1.11 bits per heavy atom. The molecule has 1 saturated carbocycles. The van der Waals surface area contributed by atoms with Crippen LogP contribution in [-0.4, -0.2) is 38.2 Å². The van der Waals surface area contributed by atoms with Crippen LogP contribution in [0.2, 0.25) is 0 Å². The van der Waals surface area contributed by atoms with Crippen LogP contribution in [0.3, 0.4) is 0 Å². The van der Waals surface area contributed by atoms with E-state index in [1.165, 1.54) is 24.1 Å². The maximum atomic E-state index is 15.3. The van der Waals surface area contributed by atoms with Crippen molar-refractivity contribution >= 4 is 5.97 Å². The van der Waals surface area contributed by atoms with Crippen molar-refractivity contribution in [1.29, 1.82) is 0 Å². The van der Waals surface area contributed by atoms with Gasteiger partial charge < -0.3 is 9.47 Å². The lowest BCUT2D eigenvalue weighted by atomic mass is 9.94. The Kier molecular flexibility index (Phi) is 4.80. The van der Waals surface area contributed by atoms with Crippen LogP contribution in [0.15, 0.2) is 71.8 Å². The fourth-order valence-electron chi connectivity index (χ4n) is 4.57. The number of rotatable bonds is 5. The third kappa shape index (κ3) is 3.60. The van der Waals surface area contributed by atoms with Crippen LogP contribution in [0.4, 0.5) is 4.39 Å². The number of para-hydroxylation sites is 1. The van der Waals surface area contributed by atoms with Gasteiger partial charge in [-0.25, -0.2) is 13.8 Å². The van der Waals surface area contributed by atoms with E-state index in [2.05, 4.69) is 10.2 Å². The average Bonchev–Trinajstić information content (AvgIpc) is 3.29. The minimum atomic E-state index is -0.576. The highest BCUT2D eigenvalue weighted by Crippen LogP contribution is 2.52. The van der Waals surface area contributed by atoms with E-state index in [0.29, 0.717) is 17.7 Å². The number of methoxy groups -OCH3 is 1. The zero-order valence-electron chi connectivity index (χ0n) is 18.8. The van der Waals surface area contributed by atoms with Gasteiger partial charge >= 0.3 is 5.97 Å². The highest BCUT2D eigenvalue weighted by atomic mass is 19.1. The molecule has 0 radical (unpaired) electrons. The van der Waals surface area contributed by atoms with Crippen LogP contribution >= 0.6 is 0 Å². The standard InChI is InChI=1S/C26H21FN4O4/c1-34-22-15-30(20-8-7-16(13-19(20)27)18-14-26(10-11-26)35-25(18)33)29-23(24(22)32)21-9-12-28-31(21)17-5-3-2-4-6-17/h2-9,12-13,15,18H,10-11,14H2,1H3. The number of benzene rings is 2. The van der Waals surface area contributed by atoms with Crippen LogP contribution in [0.25, 0.3) is 22.8 Å². The van der Waals surface area contributed by atoms with Gasteiger partial charge in [0.25, 0.3) is 5.43 Å². The molecular formula is C26H21FN4O4. The molecule has 1 atom stereocenters. The van der Waals surface area contributed by atoms with Gasteiger partial charge in [-0.15, -0.1) is 0 Å². The molecule has 35 heavy (non-hydrogen) atoms. The number of aromatic nitrogens is 4. The summed E-state index contributed by atoms with van der Waals surface area (Å²) in [5.41, 5.74) is 1.14. The van der Waals surface area contributed by atoms with Crippen molar-refractivity contribution in [2.45, 2.75) is 30.8 Å². The van der Waals surface area contributed by atoms with E-state index in [1.54, 1.807) is 29.1 Å². The number of hydrogen-bond donors (Lipinski definition) is 0. The monoisotopic (exact) mass is 472 g/mol. The number of carbonyl (C=O) groups is 1. The van der Waals surface area contributed by atoms with Gasteiger partial charge in [0.15, 0.2) is 11.4 Å². The summed E-state index contributed by atoms with van der Waals surface area (Å²) in [6, 6.07) is 15.6. The van der Waals surface area contributed by atoms with Gasteiger partial charge in [0.05, 0.1) is 36.8 Å². The zero-order valence-corrected chi connectivity index (χ0v) is 18.8. The van der Waals surface area contributed by atoms with Crippen LogP contribution in [0.1, 0.15) is 30.7 Å². The third-order valence-corrected chi connectivity index (χ3v) is 6.60. The SMILES string of the molecule is COc1cn(-c2ccc(C3CC4(CC4)OC3=O)cc2F)nc(-c2ccnn2-c2ccccc2)c1=O. The molecule has 2 aromatic heterocycles. The average molecular weight is 472 g/mol. The summed E-state index contributed by atoms with van der Waals surface area (Å²) in [5, 5.41) is 8.78. The molecule has 1 unspecified atom stereocenters. The molecule has 1 saturated heterocycles. The molecule has 1 aliphatic carbocycles. The second-order valence-electron chi connectivity index (χ2n) is 8.86. The molecule has 3 heterocycles. The van der Waals surface area contributed by atoms with Crippen LogP contribution < -0.4 is 10.2 Å². The molecule has 6 rings (SSSR count). The van der Waals surface area contributed by atoms with Crippen molar-refractivity contribution in [3.05, 3.63) is 88.6 Å². The normalized spacial score (nSPS) is 18.0. The van der Waals surface area contributed by atoms with Crippen molar-refractivity contribution in [3.8, 4) is 28.5 Å². The Hall–Kier alpha value is -4.27. The second kappa shape index (κ2) is 7.90. The first-order chi connectivity index (χ1) is 17.0. The molecule has 1 aliphatic heterocycles. The first kappa shape index (κ1) is 21.3. The zero-order chi connectivity index (χ0) is 24.2. The lowest BCUT2D eigenvalue weighted by Crippen LogP contribution is -2.18. The summed E-state index contributed by atoms with van der Waals surface area (Å²) in [7, 11) is 1.37. The predicted octanol–water partition coefficient (Wildman–Crippen LogP) is 3.80. The number of ether oxygens (including phenoxy) is 2. The van der Waals surface area contributed by atoms with Crippen LogP contribution in [0, 0.1) is 5.82 Å². The Morgan fingerprint density at radius 2 is 1.91 bits per heavy atom. The summed E-state index contributed by atoms with van der Waals surface area (Å²) in [5.74, 6) is -1.36. The Labute approximate surface area is 199 Å². The molecule has 176 valence electrons. The van der Waals surface area contributed by atoms with E-state index >= 15 is 4.39 Å². The maximum Gasteiger partial charge on any atom is 0.314 e. The van der Waals surface area contributed by atoms with E-state index in [4.69, 9.17) is 9.47 Å². The topological polar surface area (TPSA) is 88.2 Å². The molecule has 4 aromatic rings. The quantitative estimate of drug-likeness (QED) is 0.411. The van der Waals surface area contributed by atoms with E-state index in [-0.39, 0.29) is 28.7 Å². The number of esters is 1. The Morgan fingerprint density at radius 3 is 2.60 bits per heavy atom. The second-order valence-corrected chi connectivity index (χ2v) is 8.86. The largest absolute Gasteiger partial charge is 0.491 e. The Balaban J connectivity index is 1.42. The fourth-order valence-corrected chi connectivity index (χ4v) is 4.57. The molecular weight excluding hydrogens is 451 g/mol. The number of halogens is 1. The Bertz CT molecular complexity index is 1510. The van der Waals surface area contributed by atoms with Gasteiger partial charge in [-0.3, -0.25) is 9.59 Å². The molecule has 0 bridgehead atoms. The van der Waals surface area contributed by atoms with Gasteiger partial charge in [0, 0.05) is 6.42 Å². The summed E-state index contributed by atoms with van der Waals surface area (Å²) in [6.07, 6.45) is 5.20. The van der Waals surface area contributed by atoms with Crippen molar-refractivity contribution in [2.75, 3.05) is 7.11 Å². The van der Waals surface area contributed by atoms with Crippen LogP contribution in [-0.2, 0) is 9.53 Å². The third-order valence-electron chi connectivity index (χ3n) is 6.60. The summed E-state index contributed by atoms with van der Waals surface area (Å²) >= 11 is 0. The highest BCUT2D eigenvalue weighted by molar-refractivity contribution is 5.81. The molecule has 2 fully saturated rings. The van der Waals surface area contributed by atoms with Crippen molar-refractivity contribution in [1.82, 2.24) is 19.6 Å². The first-order valence-electron chi connectivity index (χ1n) is 11.3. The molecule has 1 spiro atoms. The first-order valence-corrected chi connectivity index (χ1v) is 11.3. The molecule has 8 nitrogen and oxygen atoms in total.